The number of thiazole rings is 1. The Balaban J connectivity index is 1.23. The van der Waals surface area contributed by atoms with Gasteiger partial charge in [0.1, 0.15) is 5.75 Å². The fraction of sp³-hybridized carbons (Fsp3) is 0.444. The zero-order valence-electron chi connectivity index (χ0n) is 21.6. The molecule has 37 heavy (non-hydrogen) atoms. The normalized spacial score (nSPS) is 14.0. The fourth-order valence-corrected chi connectivity index (χ4v) is 5.06. The summed E-state index contributed by atoms with van der Waals surface area (Å²) in [4.78, 5) is 33.6. The third-order valence-corrected chi connectivity index (χ3v) is 7.29. The second-order valence-corrected chi connectivity index (χ2v) is 10.1. The van der Waals surface area contributed by atoms with Crippen LogP contribution in [0.3, 0.4) is 0 Å². The summed E-state index contributed by atoms with van der Waals surface area (Å²) in [6.07, 6.45) is 2.07. The van der Waals surface area contributed by atoms with Gasteiger partial charge in [0.15, 0.2) is 16.6 Å². The van der Waals surface area contributed by atoms with Crippen molar-refractivity contribution in [2.24, 2.45) is 0 Å². The van der Waals surface area contributed by atoms with E-state index in [1.165, 1.54) is 11.3 Å². The maximum absolute atomic E-state index is 12.5. The van der Waals surface area contributed by atoms with Gasteiger partial charge >= 0.3 is 0 Å². The van der Waals surface area contributed by atoms with Gasteiger partial charge in [0, 0.05) is 39.0 Å². The van der Waals surface area contributed by atoms with E-state index in [0.717, 1.165) is 47.7 Å². The molecular formula is C27H34N4O5S. The molecule has 1 fully saturated rings. The number of hydrogen-bond acceptors (Lipinski definition) is 8. The monoisotopic (exact) mass is 526 g/mol. The average molecular weight is 527 g/mol. The number of carbonyl (C=O) groups excluding carboxylic acids is 2. The lowest BCUT2D eigenvalue weighted by Crippen LogP contribution is -2.47. The lowest BCUT2D eigenvalue weighted by Gasteiger charge is -2.32. The highest BCUT2D eigenvalue weighted by Crippen LogP contribution is 2.30. The number of benzene rings is 2. The molecule has 9 nitrogen and oxygen atoms in total. The Morgan fingerprint density at radius 2 is 1.78 bits per heavy atom. The number of methoxy groups -OCH3 is 2. The molecule has 1 aliphatic heterocycles. The average Bonchev–Trinajstić information content (AvgIpc) is 3.31. The first-order valence-electron chi connectivity index (χ1n) is 12.5. The van der Waals surface area contributed by atoms with E-state index in [-0.39, 0.29) is 11.8 Å². The van der Waals surface area contributed by atoms with E-state index in [1.807, 2.05) is 41.3 Å². The number of fused-ring (bicyclic) bond motifs is 1. The first kappa shape index (κ1) is 26.7. The number of aromatic nitrogens is 1. The highest BCUT2D eigenvalue weighted by Gasteiger charge is 2.18. The zero-order chi connectivity index (χ0) is 26.2. The Hall–Kier alpha value is -3.37. The minimum atomic E-state index is -0.102. The third-order valence-electron chi connectivity index (χ3n) is 6.35. The molecule has 0 spiro atoms. The van der Waals surface area contributed by atoms with Crippen LogP contribution in [0, 0.1) is 0 Å². The van der Waals surface area contributed by atoms with Crippen molar-refractivity contribution in [3.63, 3.8) is 0 Å². The summed E-state index contributed by atoms with van der Waals surface area (Å²) in [6.45, 7) is 3.93. The van der Waals surface area contributed by atoms with E-state index in [1.54, 1.807) is 14.2 Å². The highest BCUT2D eigenvalue weighted by atomic mass is 32.1. The molecule has 4 rings (SSSR count). The molecule has 0 aliphatic carbocycles. The molecule has 0 unspecified atom stereocenters. The highest BCUT2D eigenvalue weighted by molar-refractivity contribution is 7.22. The van der Waals surface area contributed by atoms with Crippen LogP contribution in [-0.2, 0) is 16.0 Å². The quantitative estimate of drug-likeness (QED) is 0.380. The number of carbonyl (C=O) groups is 2. The van der Waals surface area contributed by atoms with Crippen LogP contribution in [0.1, 0.15) is 24.8 Å². The molecule has 0 bridgehead atoms. The van der Waals surface area contributed by atoms with Gasteiger partial charge in [0.2, 0.25) is 11.8 Å². The van der Waals surface area contributed by atoms with Gasteiger partial charge in [-0.3, -0.25) is 9.59 Å². The molecule has 1 aromatic heterocycles. The molecule has 198 valence electrons. The molecule has 1 N–H and O–H groups in total. The van der Waals surface area contributed by atoms with Gasteiger partial charge in [-0.1, -0.05) is 17.4 Å². The van der Waals surface area contributed by atoms with Gasteiger partial charge in [-0.2, -0.15) is 0 Å². The molecule has 0 atom stereocenters. The largest absolute Gasteiger partial charge is 0.494 e. The molecule has 1 saturated heterocycles. The summed E-state index contributed by atoms with van der Waals surface area (Å²) in [6, 6.07) is 11.3. The van der Waals surface area contributed by atoms with Crippen LogP contribution < -0.4 is 19.5 Å². The molecule has 2 heterocycles. The number of likely N-dealkylation sites (N-methyl/N-ethyl adjacent to an activating group) is 1. The van der Waals surface area contributed by atoms with Crippen LogP contribution in [0.4, 0.5) is 5.13 Å². The van der Waals surface area contributed by atoms with Crippen LogP contribution in [0.2, 0.25) is 0 Å². The molecule has 1 aliphatic rings. The maximum atomic E-state index is 12.5. The van der Waals surface area contributed by atoms with Gasteiger partial charge in [-0.05, 0) is 55.8 Å². The molecule has 2 aromatic carbocycles. The van der Waals surface area contributed by atoms with Crippen LogP contribution >= 0.6 is 11.3 Å². The van der Waals surface area contributed by atoms with Crippen molar-refractivity contribution in [3.05, 3.63) is 42.0 Å². The van der Waals surface area contributed by atoms with Gasteiger partial charge in [-0.25, -0.2) is 4.98 Å². The Bertz CT molecular complexity index is 1220. The maximum Gasteiger partial charge on any atom is 0.226 e. The van der Waals surface area contributed by atoms with E-state index in [4.69, 9.17) is 14.2 Å². The number of aryl methyl sites for hydroxylation is 1. The van der Waals surface area contributed by atoms with E-state index in [0.29, 0.717) is 48.9 Å². The van der Waals surface area contributed by atoms with Gasteiger partial charge in [-0.15, -0.1) is 0 Å². The zero-order valence-corrected chi connectivity index (χ0v) is 22.4. The van der Waals surface area contributed by atoms with E-state index in [2.05, 4.69) is 22.2 Å². The summed E-state index contributed by atoms with van der Waals surface area (Å²) >= 11 is 1.41. The number of amides is 2. The molecule has 0 radical (unpaired) electrons. The number of nitrogens with zero attached hydrogens (tertiary/aromatic N) is 3. The van der Waals surface area contributed by atoms with Crippen molar-refractivity contribution >= 4 is 38.5 Å². The van der Waals surface area contributed by atoms with Crippen LogP contribution in [0.25, 0.3) is 10.2 Å². The predicted molar refractivity (Wildman–Crippen MR) is 145 cm³/mol. The minimum absolute atomic E-state index is 0.102. The van der Waals surface area contributed by atoms with Gasteiger partial charge in [0.25, 0.3) is 0 Å². The molecule has 3 aromatic rings. The van der Waals surface area contributed by atoms with Crippen LogP contribution in [-0.4, -0.2) is 80.7 Å². The third kappa shape index (κ3) is 7.33. The lowest BCUT2D eigenvalue weighted by molar-refractivity contribution is -0.133. The summed E-state index contributed by atoms with van der Waals surface area (Å²) in [7, 11) is 5.26. The van der Waals surface area contributed by atoms with Crippen LogP contribution in [0.15, 0.2) is 36.4 Å². The van der Waals surface area contributed by atoms with E-state index in [9.17, 15) is 9.59 Å². The van der Waals surface area contributed by atoms with Crippen molar-refractivity contribution in [2.75, 3.05) is 59.4 Å². The predicted octanol–water partition coefficient (Wildman–Crippen LogP) is 3.82. The topological polar surface area (TPSA) is 93.2 Å². The van der Waals surface area contributed by atoms with Crippen molar-refractivity contribution in [1.29, 1.82) is 0 Å². The first-order valence-corrected chi connectivity index (χ1v) is 13.3. The number of hydrogen-bond donors (Lipinski definition) is 1. The van der Waals surface area contributed by atoms with Crippen molar-refractivity contribution < 1.29 is 23.8 Å². The molecule has 0 saturated carbocycles. The van der Waals surface area contributed by atoms with E-state index >= 15 is 0 Å². The minimum Gasteiger partial charge on any atom is -0.494 e. The number of ether oxygens (including phenoxy) is 3. The smallest absolute Gasteiger partial charge is 0.226 e. The Morgan fingerprint density at radius 3 is 2.54 bits per heavy atom. The first-order chi connectivity index (χ1) is 17.9. The standard InChI is InChI=1S/C27H34N4O5S/c1-30-12-14-31(15-13-30)26(33)5-4-16-36-20-8-9-21-24(18-20)37-27(28-21)29-25(32)11-7-19-6-10-22(34-2)23(17-19)35-3/h6,8-10,17-18H,4-5,7,11-16H2,1-3H3,(H,28,29,32). The number of piperazine rings is 1. The number of rotatable bonds is 11. The Morgan fingerprint density at radius 1 is 1.00 bits per heavy atom. The van der Waals surface area contributed by atoms with Gasteiger partial charge in [0.05, 0.1) is 31.0 Å². The fourth-order valence-electron chi connectivity index (χ4n) is 4.15. The summed E-state index contributed by atoms with van der Waals surface area (Å²) < 4.78 is 17.4. The molecule has 10 heteroatoms. The van der Waals surface area contributed by atoms with Crippen molar-refractivity contribution in [2.45, 2.75) is 25.7 Å². The van der Waals surface area contributed by atoms with Crippen LogP contribution in [0.5, 0.6) is 17.2 Å². The molecular weight excluding hydrogens is 492 g/mol. The Labute approximate surface area is 221 Å². The second kappa shape index (κ2) is 12.7. The Kier molecular flexibility index (Phi) is 9.19. The lowest BCUT2D eigenvalue weighted by atomic mass is 10.1. The molecule has 2 amide bonds. The summed E-state index contributed by atoms with van der Waals surface area (Å²) in [5, 5.41) is 3.46. The van der Waals surface area contributed by atoms with Crippen molar-refractivity contribution in [1.82, 2.24) is 14.8 Å². The number of anilines is 1. The van der Waals surface area contributed by atoms with Crippen molar-refractivity contribution in [3.8, 4) is 17.2 Å². The van der Waals surface area contributed by atoms with E-state index < -0.39 is 0 Å². The second-order valence-electron chi connectivity index (χ2n) is 9.02. The summed E-state index contributed by atoms with van der Waals surface area (Å²) in [5.41, 5.74) is 1.79. The summed E-state index contributed by atoms with van der Waals surface area (Å²) in [5.74, 6) is 2.13. The number of nitrogens with one attached hydrogen (secondary N) is 1. The SMILES string of the molecule is COc1ccc(CCC(=O)Nc2nc3ccc(OCCCC(=O)N4CCN(C)CC4)cc3s2)cc1OC. The van der Waals surface area contributed by atoms with Gasteiger partial charge < -0.3 is 29.3 Å².